The highest BCUT2D eigenvalue weighted by Gasteiger charge is 2.54. The summed E-state index contributed by atoms with van der Waals surface area (Å²) in [5, 5.41) is 32.0. The van der Waals surface area contributed by atoms with Gasteiger partial charge in [-0.05, 0) is 30.2 Å². The lowest BCUT2D eigenvalue weighted by Crippen LogP contribution is -2.70. The molecule has 17 heteroatoms. The third-order valence-electron chi connectivity index (χ3n) is 6.63. The number of pyridine rings is 1. The molecule has 0 bridgehead atoms. The first-order valence-corrected chi connectivity index (χ1v) is 16.9. The fraction of sp³-hybridized carbons (Fsp3) is 0.333. The van der Waals surface area contributed by atoms with Crippen molar-refractivity contribution in [3.05, 3.63) is 64.0 Å². The number of hydrogen-bond donors (Lipinski definition) is 6. The number of carboxylic acid groups (broad SMARTS) is 2. The maximum atomic E-state index is 13.0. The molecule has 0 aliphatic carbocycles. The van der Waals surface area contributed by atoms with Crippen molar-refractivity contribution < 1.29 is 34.0 Å². The fourth-order valence-electron chi connectivity index (χ4n) is 4.52. The van der Waals surface area contributed by atoms with Crippen molar-refractivity contribution in [2.75, 3.05) is 17.3 Å². The zero-order valence-corrected chi connectivity index (χ0v) is 27.0. The van der Waals surface area contributed by atoms with Crippen molar-refractivity contribution in [1.82, 2.24) is 15.5 Å². The number of thioether (sulfide) groups is 3. The van der Waals surface area contributed by atoms with Gasteiger partial charge in [0.1, 0.15) is 29.7 Å². The topological polar surface area (TPSA) is 190 Å². The predicted molar refractivity (Wildman–Crippen MR) is 170 cm³/mol. The second-order valence-electron chi connectivity index (χ2n) is 9.73. The van der Waals surface area contributed by atoms with Gasteiger partial charge in [-0.15, -0.1) is 35.3 Å². The average Bonchev–Trinajstić information content (AvgIpc) is 2.98. The van der Waals surface area contributed by atoms with Crippen LogP contribution < -0.4 is 20.9 Å². The molecule has 0 radical (unpaired) electrons. The highest BCUT2D eigenvalue weighted by atomic mass is 35.5. The van der Waals surface area contributed by atoms with Crippen LogP contribution in [-0.4, -0.2) is 79.5 Å². The molecule has 234 valence electrons. The van der Waals surface area contributed by atoms with Gasteiger partial charge in [0.15, 0.2) is 18.4 Å². The number of guanidine groups is 1. The van der Waals surface area contributed by atoms with Gasteiger partial charge in [-0.25, -0.2) is 14.2 Å². The Morgan fingerprint density at radius 2 is 1.91 bits per heavy atom. The highest BCUT2D eigenvalue weighted by molar-refractivity contribution is 8.01. The molecule has 3 atom stereocenters. The molecular weight excluding hydrogens is 671 g/mol. The quantitative estimate of drug-likeness (QED) is 0.0559. The largest absolute Gasteiger partial charge is 0.480 e. The Morgan fingerprint density at radius 1 is 1.18 bits per heavy atom. The van der Waals surface area contributed by atoms with Gasteiger partial charge < -0.3 is 26.6 Å². The van der Waals surface area contributed by atoms with E-state index < -0.39 is 41.3 Å². The van der Waals surface area contributed by atoms with E-state index in [9.17, 15) is 29.4 Å². The van der Waals surface area contributed by atoms with Crippen molar-refractivity contribution in [1.29, 1.82) is 5.41 Å². The van der Waals surface area contributed by atoms with Crippen molar-refractivity contribution in [3.8, 4) is 0 Å². The van der Waals surface area contributed by atoms with E-state index in [0.717, 1.165) is 4.90 Å². The summed E-state index contributed by atoms with van der Waals surface area (Å²) in [5.74, 6) is -2.73. The lowest BCUT2D eigenvalue weighted by atomic mass is 10.0. The van der Waals surface area contributed by atoms with Crippen molar-refractivity contribution in [2.45, 2.75) is 46.6 Å². The van der Waals surface area contributed by atoms with Crippen LogP contribution in [0, 0.1) is 5.41 Å². The van der Waals surface area contributed by atoms with Gasteiger partial charge >= 0.3 is 11.9 Å². The van der Waals surface area contributed by atoms with Crippen LogP contribution in [0.1, 0.15) is 12.8 Å². The minimum absolute atomic E-state index is 0.0156. The number of halogens is 2. The van der Waals surface area contributed by atoms with Crippen LogP contribution in [0.4, 0.5) is 0 Å². The van der Waals surface area contributed by atoms with Gasteiger partial charge in [0, 0.05) is 44.9 Å². The van der Waals surface area contributed by atoms with Crippen LogP contribution in [0.2, 0.25) is 10.0 Å². The van der Waals surface area contributed by atoms with Gasteiger partial charge in [-0.3, -0.25) is 19.9 Å². The first-order valence-electron chi connectivity index (χ1n) is 13.2. The summed E-state index contributed by atoms with van der Waals surface area (Å²) in [7, 11) is 0. The highest BCUT2D eigenvalue weighted by Crippen LogP contribution is 2.41. The Hall–Kier alpha value is -3.11. The molecule has 2 amide bonds. The molecular formula is C27H29Cl2N6O6S3+. The third kappa shape index (κ3) is 8.53. The van der Waals surface area contributed by atoms with Crippen LogP contribution in [0.15, 0.2) is 63.8 Å². The molecule has 12 nitrogen and oxygen atoms in total. The van der Waals surface area contributed by atoms with Crippen molar-refractivity contribution in [3.63, 3.8) is 0 Å². The number of carbonyl (C=O) groups excluding carboxylic acids is 2. The average molecular weight is 701 g/mol. The van der Waals surface area contributed by atoms with Crippen LogP contribution in [0.3, 0.4) is 0 Å². The van der Waals surface area contributed by atoms with Gasteiger partial charge in [-0.2, -0.15) is 0 Å². The predicted octanol–water partition coefficient (Wildman–Crippen LogP) is 2.62. The Kier molecular flexibility index (Phi) is 11.7. The summed E-state index contributed by atoms with van der Waals surface area (Å²) in [6, 6.07) is 6.94. The van der Waals surface area contributed by atoms with Crippen LogP contribution >= 0.6 is 58.5 Å². The molecule has 4 rings (SSSR count). The summed E-state index contributed by atoms with van der Waals surface area (Å²) < 4.78 is 1.90. The molecule has 1 aromatic carbocycles. The van der Waals surface area contributed by atoms with Crippen LogP contribution in [0.25, 0.3) is 0 Å². The molecule has 1 aromatic heterocycles. The number of aromatic nitrogens is 1. The number of fused-ring (bicyclic) bond motifs is 1. The van der Waals surface area contributed by atoms with Crippen molar-refractivity contribution in [2.24, 2.45) is 5.73 Å². The molecule has 0 unspecified atom stereocenters. The molecule has 0 saturated carbocycles. The lowest BCUT2D eigenvalue weighted by molar-refractivity contribution is -0.697. The number of amides is 2. The minimum atomic E-state index is -1.19. The second-order valence-corrected chi connectivity index (χ2v) is 13.7. The normalized spacial score (nSPS) is 18.2. The van der Waals surface area contributed by atoms with E-state index in [1.165, 1.54) is 40.2 Å². The zero-order valence-electron chi connectivity index (χ0n) is 23.0. The molecule has 3 heterocycles. The molecule has 2 aromatic rings. The lowest BCUT2D eigenvalue weighted by Gasteiger charge is -2.49. The first-order chi connectivity index (χ1) is 20.9. The number of nitrogens with two attached hydrogens (primary N) is 1. The Balaban J connectivity index is 1.29. The SMILES string of the molecule is N=C(N)N[C@@H](CCC[n+]1ccc(SCC2=C(C(=O)O)N3C(=O)[C@H](NC(=O)CSc4cc(Cl)ccc4Cl)[C@H]3SC2)cc1)C(=O)O. The molecule has 2 aliphatic rings. The van der Waals surface area contributed by atoms with Gasteiger partial charge in [0.05, 0.1) is 10.8 Å². The monoisotopic (exact) mass is 699 g/mol. The zero-order chi connectivity index (χ0) is 32.0. The number of rotatable bonds is 14. The van der Waals surface area contributed by atoms with Gasteiger partial charge in [0.25, 0.3) is 5.91 Å². The number of benzene rings is 1. The summed E-state index contributed by atoms with van der Waals surface area (Å²) in [5.41, 5.74) is 5.81. The summed E-state index contributed by atoms with van der Waals surface area (Å²) in [6.45, 7) is 0.558. The molecule has 0 spiro atoms. The fourth-order valence-corrected chi connectivity index (χ4v) is 8.20. The molecule has 1 saturated heterocycles. The number of aryl methyl sites for hydroxylation is 1. The number of β-lactam (4-membered cyclic amide) rings is 1. The van der Waals surface area contributed by atoms with E-state index in [4.69, 9.17) is 34.3 Å². The number of nitrogens with one attached hydrogen (secondary N) is 3. The van der Waals surface area contributed by atoms with E-state index in [1.54, 1.807) is 18.2 Å². The standard InChI is InChI=1S/C27H28Cl2N6O6S3/c28-15-3-4-17(29)19(10-15)43-13-20(36)33-21-23(37)35-22(26(40)41)14(12-44-24(21)35)11-42-16-5-8-34(9-6-16)7-1-2-18(25(38)39)32-27(30)31/h3-6,8-10,18,21,24H,1-2,7,11-13H2,(H6-,30,31,32,33,36,38,39,40,41)/p+1/t18-,21-,24+/m0/s1. The summed E-state index contributed by atoms with van der Waals surface area (Å²) in [4.78, 5) is 51.9. The number of carboxylic acids is 2. The maximum Gasteiger partial charge on any atom is 0.352 e. The molecule has 2 aliphatic heterocycles. The van der Waals surface area contributed by atoms with Crippen molar-refractivity contribution >= 4 is 88.2 Å². The van der Waals surface area contributed by atoms with Gasteiger partial charge in [0.2, 0.25) is 5.91 Å². The molecule has 7 N–H and O–H groups in total. The molecule has 1 fully saturated rings. The third-order valence-corrected chi connectivity index (χ3v) is 10.8. The summed E-state index contributed by atoms with van der Waals surface area (Å²) in [6.07, 6.45) is 4.53. The first kappa shape index (κ1) is 33.8. The van der Waals surface area contributed by atoms with E-state index in [-0.39, 0.29) is 17.4 Å². The Morgan fingerprint density at radius 3 is 2.57 bits per heavy atom. The maximum absolute atomic E-state index is 13.0. The van der Waals surface area contributed by atoms with E-state index in [0.29, 0.717) is 51.4 Å². The minimum Gasteiger partial charge on any atom is -0.480 e. The second kappa shape index (κ2) is 15.3. The number of carbonyl (C=O) groups is 4. The Labute approximate surface area is 275 Å². The summed E-state index contributed by atoms with van der Waals surface area (Å²) >= 11 is 16.2. The van der Waals surface area contributed by atoms with Crippen LogP contribution in [0.5, 0.6) is 0 Å². The number of hydrogen-bond acceptors (Lipinski definition) is 8. The smallest absolute Gasteiger partial charge is 0.352 e. The van der Waals surface area contributed by atoms with Gasteiger partial charge in [-0.1, -0.05) is 23.2 Å². The Bertz CT molecular complexity index is 1490. The van der Waals surface area contributed by atoms with E-state index in [1.807, 2.05) is 29.1 Å². The van der Waals surface area contributed by atoms with E-state index >= 15 is 0 Å². The van der Waals surface area contributed by atoms with E-state index in [2.05, 4.69) is 10.6 Å². The molecule has 44 heavy (non-hydrogen) atoms. The van der Waals surface area contributed by atoms with Crippen LogP contribution in [-0.2, 0) is 25.7 Å². The number of nitrogens with zero attached hydrogens (tertiary/aromatic N) is 2. The number of aliphatic carboxylic acids is 2.